The molecule has 1 aliphatic carbocycles. The predicted octanol–water partition coefficient (Wildman–Crippen LogP) is 1.68. The van der Waals surface area contributed by atoms with Crippen molar-refractivity contribution in [3.63, 3.8) is 0 Å². The molecule has 0 aromatic heterocycles. The maximum atomic E-state index is 12.2. The summed E-state index contributed by atoms with van der Waals surface area (Å²) in [5, 5.41) is 3.32. The van der Waals surface area contributed by atoms with Crippen molar-refractivity contribution in [2.45, 2.75) is 24.8 Å². The lowest BCUT2D eigenvalue weighted by atomic mass is 10.0. The number of ether oxygens (including phenoxy) is 1. The first kappa shape index (κ1) is 13.6. The largest absolute Gasteiger partial charge is 0.468 e. The molecule has 1 saturated heterocycles. The van der Waals surface area contributed by atoms with E-state index >= 15 is 0 Å². The van der Waals surface area contributed by atoms with Gasteiger partial charge in [-0.1, -0.05) is 24.3 Å². The molecular weight excluding hydrogens is 252 g/mol. The molecular formula is C16H22N2O2. The van der Waals surface area contributed by atoms with Crippen LogP contribution in [0.2, 0.25) is 0 Å². The Morgan fingerprint density at radius 1 is 1.25 bits per heavy atom. The van der Waals surface area contributed by atoms with Gasteiger partial charge in [-0.3, -0.25) is 4.90 Å². The highest BCUT2D eigenvalue weighted by atomic mass is 16.5. The fourth-order valence-corrected chi connectivity index (χ4v) is 2.92. The van der Waals surface area contributed by atoms with Crippen LogP contribution in [0, 0.1) is 0 Å². The van der Waals surface area contributed by atoms with Crippen molar-refractivity contribution in [2.24, 2.45) is 0 Å². The van der Waals surface area contributed by atoms with Crippen LogP contribution in [0.25, 0.3) is 0 Å². The van der Waals surface area contributed by atoms with Crippen molar-refractivity contribution in [3.05, 3.63) is 35.4 Å². The highest BCUT2D eigenvalue weighted by Crippen LogP contribution is 2.40. The Bertz CT molecular complexity index is 462. The minimum atomic E-state index is -0.268. The zero-order chi connectivity index (χ0) is 13.9. The van der Waals surface area contributed by atoms with Gasteiger partial charge >= 0.3 is 5.97 Å². The summed E-state index contributed by atoms with van der Waals surface area (Å²) >= 11 is 0. The molecule has 0 radical (unpaired) electrons. The van der Waals surface area contributed by atoms with E-state index < -0.39 is 0 Å². The maximum Gasteiger partial charge on any atom is 0.327 e. The molecule has 4 heteroatoms. The van der Waals surface area contributed by atoms with E-state index in [2.05, 4.69) is 34.5 Å². The Hall–Kier alpha value is -1.39. The van der Waals surface area contributed by atoms with Gasteiger partial charge in [0.15, 0.2) is 0 Å². The summed E-state index contributed by atoms with van der Waals surface area (Å²) in [5.41, 5.74) is 2.45. The summed E-state index contributed by atoms with van der Waals surface area (Å²) in [6.07, 6.45) is 2.61. The summed E-state index contributed by atoms with van der Waals surface area (Å²) in [6.45, 7) is 3.61. The topological polar surface area (TPSA) is 41.6 Å². The minimum Gasteiger partial charge on any atom is -0.468 e. The molecule has 3 rings (SSSR count). The molecule has 1 aromatic carbocycles. The third-order valence-corrected chi connectivity index (χ3v) is 4.24. The summed E-state index contributed by atoms with van der Waals surface area (Å²) in [5.74, 6) is 0.589. The number of rotatable bonds is 4. The molecule has 0 bridgehead atoms. The van der Waals surface area contributed by atoms with Gasteiger partial charge in [0, 0.05) is 26.2 Å². The molecule has 1 aromatic rings. The lowest BCUT2D eigenvalue weighted by Gasteiger charge is -2.33. The fourth-order valence-electron chi connectivity index (χ4n) is 2.92. The molecule has 1 atom stereocenters. The second-order valence-electron chi connectivity index (χ2n) is 5.65. The standard InChI is InChI=1S/C16H22N2O2/c1-20-16(19)15(18-10-8-17-9-11-18)14-6-4-13(5-7-14)12-2-3-12/h4-7,12,15,17H,2-3,8-11H2,1H3. The van der Waals surface area contributed by atoms with E-state index in [-0.39, 0.29) is 12.0 Å². The van der Waals surface area contributed by atoms with E-state index in [1.54, 1.807) is 0 Å². The molecule has 0 spiro atoms. The number of piperazine rings is 1. The number of hydrogen-bond donors (Lipinski definition) is 1. The first-order valence-electron chi connectivity index (χ1n) is 7.42. The molecule has 1 N–H and O–H groups in total. The van der Waals surface area contributed by atoms with Gasteiger partial charge in [0.05, 0.1) is 7.11 Å². The van der Waals surface area contributed by atoms with Gasteiger partial charge in [-0.15, -0.1) is 0 Å². The number of carbonyl (C=O) groups is 1. The van der Waals surface area contributed by atoms with Crippen LogP contribution in [0.5, 0.6) is 0 Å². The summed E-state index contributed by atoms with van der Waals surface area (Å²) in [6, 6.07) is 8.26. The Morgan fingerprint density at radius 2 is 1.90 bits per heavy atom. The monoisotopic (exact) mass is 274 g/mol. The second-order valence-corrected chi connectivity index (χ2v) is 5.65. The number of nitrogens with zero attached hydrogens (tertiary/aromatic N) is 1. The zero-order valence-electron chi connectivity index (χ0n) is 12.0. The normalized spacial score (nSPS) is 21.4. The second kappa shape index (κ2) is 5.94. The van der Waals surface area contributed by atoms with Crippen molar-refractivity contribution < 1.29 is 9.53 Å². The molecule has 2 aliphatic rings. The van der Waals surface area contributed by atoms with Crippen LogP contribution < -0.4 is 5.32 Å². The third-order valence-electron chi connectivity index (χ3n) is 4.24. The summed E-state index contributed by atoms with van der Waals surface area (Å²) < 4.78 is 5.01. The molecule has 0 amide bonds. The quantitative estimate of drug-likeness (QED) is 0.848. The van der Waals surface area contributed by atoms with Gasteiger partial charge in [-0.25, -0.2) is 4.79 Å². The van der Waals surface area contributed by atoms with Crippen molar-refractivity contribution in [3.8, 4) is 0 Å². The Balaban J connectivity index is 1.81. The van der Waals surface area contributed by atoms with E-state index in [1.165, 1.54) is 25.5 Å². The van der Waals surface area contributed by atoms with Gasteiger partial charge < -0.3 is 10.1 Å². The molecule has 1 unspecified atom stereocenters. The molecule has 2 fully saturated rings. The van der Waals surface area contributed by atoms with Crippen LogP contribution in [0.1, 0.15) is 35.9 Å². The van der Waals surface area contributed by atoms with Crippen LogP contribution in [0.4, 0.5) is 0 Å². The van der Waals surface area contributed by atoms with Crippen molar-refractivity contribution in [1.82, 2.24) is 10.2 Å². The summed E-state index contributed by atoms with van der Waals surface area (Å²) in [4.78, 5) is 14.4. The molecule has 4 nitrogen and oxygen atoms in total. The zero-order valence-corrected chi connectivity index (χ0v) is 12.0. The first-order valence-corrected chi connectivity index (χ1v) is 7.42. The van der Waals surface area contributed by atoms with Gasteiger partial charge in [-0.2, -0.15) is 0 Å². The number of methoxy groups -OCH3 is 1. The minimum absolute atomic E-state index is 0.161. The highest BCUT2D eigenvalue weighted by molar-refractivity contribution is 5.77. The average molecular weight is 274 g/mol. The molecule has 20 heavy (non-hydrogen) atoms. The predicted molar refractivity (Wildman–Crippen MR) is 77.6 cm³/mol. The maximum absolute atomic E-state index is 12.2. The highest BCUT2D eigenvalue weighted by Gasteiger charge is 2.30. The lowest BCUT2D eigenvalue weighted by Crippen LogP contribution is -2.47. The first-order chi connectivity index (χ1) is 9.79. The van der Waals surface area contributed by atoms with Crippen LogP contribution in [0.15, 0.2) is 24.3 Å². The fraction of sp³-hybridized carbons (Fsp3) is 0.562. The SMILES string of the molecule is COC(=O)C(c1ccc(C2CC2)cc1)N1CCNCC1. The van der Waals surface area contributed by atoms with Gasteiger partial charge in [-0.05, 0) is 29.9 Å². The van der Waals surface area contributed by atoms with Gasteiger partial charge in [0.25, 0.3) is 0 Å². The van der Waals surface area contributed by atoms with Crippen LogP contribution >= 0.6 is 0 Å². The number of esters is 1. The Kier molecular flexibility index (Phi) is 4.03. The number of carbonyl (C=O) groups excluding carboxylic acids is 1. The van der Waals surface area contributed by atoms with Gasteiger partial charge in [0.2, 0.25) is 0 Å². The van der Waals surface area contributed by atoms with Crippen molar-refractivity contribution in [2.75, 3.05) is 33.3 Å². The molecule has 1 aliphatic heterocycles. The number of nitrogens with one attached hydrogen (secondary N) is 1. The van der Waals surface area contributed by atoms with E-state index in [0.717, 1.165) is 37.7 Å². The number of benzene rings is 1. The smallest absolute Gasteiger partial charge is 0.327 e. The Labute approximate surface area is 120 Å². The van der Waals surface area contributed by atoms with Crippen molar-refractivity contribution in [1.29, 1.82) is 0 Å². The van der Waals surface area contributed by atoms with E-state index in [1.807, 2.05) is 0 Å². The van der Waals surface area contributed by atoms with Crippen LogP contribution in [-0.2, 0) is 9.53 Å². The van der Waals surface area contributed by atoms with E-state index in [4.69, 9.17) is 4.74 Å². The van der Waals surface area contributed by atoms with E-state index in [0.29, 0.717) is 0 Å². The summed E-state index contributed by atoms with van der Waals surface area (Å²) in [7, 11) is 1.47. The third kappa shape index (κ3) is 2.86. The van der Waals surface area contributed by atoms with E-state index in [9.17, 15) is 4.79 Å². The Morgan fingerprint density at radius 3 is 2.45 bits per heavy atom. The lowest BCUT2D eigenvalue weighted by molar-refractivity contribution is -0.147. The van der Waals surface area contributed by atoms with Crippen LogP contribution in [0.3, 0.4) is 0 Å². The molecule has 1 heterocycles. The molecule has 1 saturated carbocycles. The van der Waals surface area contributed by atoms with Gasteiger partial charge in [0.1, 0.15) is 6.04 Å². The van der Waals surface area contributed by atoms with Crippen molar-refractivity contribution >= 4 is 5.97 Å². The number of hydrogen-bond acceptors (Lipinski definition) is 4. The average Bonchev–Trinajstić information content (AvgIpc) is 3.34. The van der Waals surface area contributed by atoms with Crippen LogP contribution in [-0.4, -0.2) is 44.2 Å². The molecule has 108 valence electrons.